The van der Waals surface area contributed by atoms with Gasteiger partial charge >= 0.3 is 0 Å². The Morgan fingerprint density at radius 3 is 2.84 bits per heavy atom. The second kappa shape index (κ2) is 5.90. The molecule has 2 aromatic heterocycles. The van der Waals surface area contributed by atoms with E-state index >= 15 is 0 Å². The molecule has 0 aliphatic rings. The molecule has 6 heteroatoms. The van der Waals surface area contributed by atoms with Crippen molar-refractivity contribution in [2.24, 2.45) is 5.84 Å². The third-order valence-corrected chi connectivity index (χ3v) is 3.05. The van der Waals surface area contributed by atoms with Gasteiger partial charge < -0.3 is 0 Å². The van der Waals surface area contributed by atoms with Crippen molar-refractivity contribution in [2.75, 3.05) is 0 Å². The maximum atomic E-state index is 5.66. The molecule has 0 saturated carbocycles. The average Bonchev–Trinajstić information content (AvgIpc) is 2.76. The fourth-order valence-corrected chi connectivity index (χ4v) is 2.16. The van der Waals surface area contributed by atoms with Crippen LogP contribution in [0.2, 0.25) is 0 Å². The standard InChI is InChI=1S/C13H20N6/c1-4-19-11(7-9(2)18-19)8-13(17-14)12-5-6-15-10(3)16-12/h5-7,13,17H,4,8,14H2,1-3H3. The van der Waals surface area contributed by atoms with Gasteiger partial charge in [-0.25, -0.2) is 9.97 Å². The maximum Gasteiger partial charge on any atom is 0.125 e. The minimum atomic E-state index is -0.0388. The van der Waals surface area contributed by atoms with Crippen molar-refractivity contribution in [1.29, 1.82) is 0 Å². The van der Waals surface area contributed by atoms with Crippen molar-refractivity contribution in [1.82, 2.24) is 25.2 Å². The van der Waals surface area contributed by atoms with E-state index in [0.717, 1.165) is 35.9 Å². The van der Waals surface area contributed by atoms with E-state index in [9.17, 15) is 0 Å². The van der Waals surface area contributed by atoms with Gasteiger partial charge in [0.2, 0.25) is 0 Å². The molecule has 0 radical (unpaired) electrons. The topological polar surface area (TPSA) is 81.7 Å². The lowest BCUT2D eigenvalue weighted by Crippen LogP contribution is -2.31. The predicted octanol–water partition coefficient (Wildman–Crippen LogP) is 1.06. The van der Waals surface area contributed by atoms with Gasteiger partial charge in [0.25, 0.3) is 0 Å². The van der Waals surface area contributed by atoms with Crippen LogP contribution in [0.15, 0.2) is 18.3 Å². The van der Waals surface area contributed by atoms with Gasteiger partial charge in [-0.2, -0.15) is 5.10 Å². The fourth-order valence-electron chi connectivity index (χ4n) is 2.16. The smallest absolute Gasteiger partial charge is 0.125 e. The fraction of sp³-hybridized carbons (Fsp3) is 0.462. The third kappa shape index (κ3) is 3.15. The molecule has 1 unspecified atom stereocenters. The minimum absolute atomic E-state index is 0.0388. The zero-order valence-corrected chi connectivity index (χ0v) is 11.6. The van der Waals surface area contributed by atoms with E-state index in [-0.39, 0.29) is 6.04 Å². The van der Waals surface area contributed by atoms with Crippen LogP contribution in [0, 0.1) is 13.8 Å². The van der Waals surface area contributed by atoms with Gasteiger partial charge in [-0.1, -0.05) is 0 Å². The Bertz CT molecular complexity index is 548. The largest absolute Gasteiger partial charge is 0.271 e. The number of aryl methyl sites for hydroxylation is 3. The van der Waals surface area contributed by atoms with Crippen LogP contribution in [-0.4, -0.2) is 19.7 Å². The summed E-state index contributed by atoms with van der Waals surface area (Å²) in [6.07, 6.45) is 2.51. The van der Waals surface area contributed by atoms with Crippen LogP contribution in [0.1, 0.15) is 35.9 Å². The minimum Gasteiger partial charge on any atom is -0.271 e. The van der Waals surface area contributed by atoms with Crippen molar-refractivity contribution in [3.63, 3.8) is 0 Å². The highest BCUT2D eigenvalue weighted by atomic mass is 15.3. The summed E-state index contributed by atoms with van der Waals surface area (Å²) >= 11 is 0. The van der Waals surface area contributed by atoms with Crippen molar-refractivity contribution in [3.05, 3.63) is 41.2 Å². The van der Waals surface area contributed by atoms with Gasteiger partial charge in [0.1, 0.15) is 5.82 Å². The highest BCUT2D eigenvalue weighted by Gasteiger charge is 2.15. The third-order valence-electron chi connectivity index (χ3n) is 3.05. The first-order valence-electron chi connectivity index (χ1n) is 6.43. The summed E-state index contributed by atoms with van der Waals surface area (Å²) in [6, 6.07) is 3.93. The number of aromatic nitrogens is 4. The van der Waals surface area contributed by atoms with Gasteiger partial charge in [-0.3, -0.25) is 16.0 Å². The average molecular weight is 260 g/mol. The van der Waals surface area contributed by atoms with E-state index in [2.05, 4.69) is 33.5 Å². The molecule has 2 aromatic rings. The number of hydrazine groups is 1. The summed E-state index contributed by atoms with van der Waals surface area (Å²) in [7, 11) is 0. The van der Waals surface area contributed by atoms with Crippen molar-refractivity contribution in [3.8, 4) is 0 Å². The van der Waals surface area contributed by atoms with Gasteiger partial charge in [-0.05, 0) is 32.9 Å². The Hall–Kier alpha value is -1.79. The van der Waals surface area contributed by atoms with Gasteiger partial charge in [0, 0.05) is 24.9 Å². The number of rotatable bonds is 5. The van der Waals surface area contributed by atoms with Gasteiger partial charge in [0.15, 0.2) is 0 Å². The SMILES string of the molecule is CCn1nc(C)cc1CC(NN)c1ccnc(C)n1. The van der Waals surface area contributed by atoms with E-state index in [1.54, 1.807) is 6.20 Å². The van der Waals surface area contributed by atoms with E-state index in [1.165, 1.54) is 0 Å². The van der Waals surface area contributed by atoms with E-state index in [1.807, 2.05) is 24.6 Å². The number of nitrogens with one attached hydrogen (secondary N) is 1. The van der Waals surface area contributed by atoms with Crippen molar-refractivity contribution >= 4 is 0 Å². The molecule has 102 valence electrons. The number of nitrogens with two attached hydrogens (primary N) is 1. The monoisotopic (exact) mass is 260 g/mol. The van der Waals surface area contributed by atoms with E-state index < -0.39 is 0 Å². The zero-order chi connectivity index (χ0) is 13.8. The lowest BCUT2D eigenvalue weighted by molar-refractivity contribution is 0.505. The highest BCUT2D eigenvalue weighted by Crippen LogP contribution is 2.16. The predicted molar refractivity (Wildman–Crippen MR) is 73.2 cm³/mol. The second-order valence-corrected chi connectivity index (χ2v) is 4.54. The Morgan fingerprint density at radius 2 is 2.21 bits per heavy atom. The van der Waals surface area contributed by atoms with Crippen molar-refractivity contribution < 1.29 is 0 Å². The Kier molecular flexibility index (Phi) is 4.24. The normalized spacial score (nSPS) is 12.6. The van der Waals surface area contributed by atoms with E-state index in [4.69, 9.17) is 5.84 Å². The quantitative estimate of drug-likeness (QED) is 0.620. The Labute approximate surface area is 113 Å². The summed E-state index contributed by atoms with van der Waals surface area (Å²) in [5, 5.41) is 4.44. The van der Waals surface area contributed by atoms with E-state index in [0.29, 0.717) is 0 Å². The van der Waals surface area contributed by atoms with Crippen LogP contribution in [0.3, 0.4) is 0 Å². The summed E-state index contributed by atoms with van der Waals surface area (Å²) in [5.41, 5.74) is 5.89. The first kappa shape index (κ1) is 13.6. The Balaban J connectivity index is 2.23. The zero-order valence-electron chi connectivity index (χ0n) is 11.6. The first-order valence-corrected chi connectivity index (χ1v) is 6.43. The molecule has 0 amide bonds. The molecule has 0 fully saturated rings. The summed E-state index contributed by atoms with van der Waals surface area (Å²) in [4.78, 5) is 8.52. The Morgan fingerprint density at radius 1 is 1.42 bits per heavy atom. The number of hydrogen-bond acceptors (Lipinski definition) is 5. The number of nitrogens with zero attached hydrogens (tertiary/aromatic N) is 4. The molecule has 0 aliphatic heterocycles. The highest BCUT2D eigenvalue weighted by molar-refractivity contribution is 5.15. The lowest BCUT2D eigenvalue weighted by Gasteiger charge is -2.16. The molecule has 0 bridgehead atoms. The molecule has 2 rings (SSSR count). The van der Waals surface area contributed by atoms with Gasteiger partial charge in [-0.15, -0.1) is 0 Å². The second-order valence-electron chi connectivity index (χ2n) is 4.54. The molecule has 1 atom stereocenters. The summed E-state index contributed by atoms with van der Waals surface area (Å²) in [6.45, 7) is 6.80. The molecule has 0 saturated heterocycles. The maximum absolute atomic E-state index is 5.66. The van der Waals surface area contributed by atoms with Crippen molar-refractivity contribution in [2.45, 2.75) is 39.8 Å². The lowest BCUT2D eigenvalue weighted by atomic mass is 10.1. The molecule has 3 N–H and O–H groups in total. The molecule has 0 spiro atoms. The molecule has 2 heterocycles. The van der Waals surface area contributed by atoms with Gasteiger partial charge in [0.05, 0.1) is 17.4 Å². The molecule has 6 nitrogen and oxygen atoms in total. The van der Waals surface area contributed by atoms with Crippen LogP contribution >= 0.6 is 0 Å². The molecule has 19 heavy (non-hydrogen) atoms. The van der Waals surface area contributed by atoms with Crippen LogP contribution in [0.4, 0.5) is 0 Å². The summed E-state index contributed by atoms with van der Waals surface area (Å²) < 4.78 is 1.99. The molecular formula is C13H20N6. The first-order chi connectivity index (χ1) is 9.13. The van der Waals surface area contributed by atoms with Crippen LogP contribution < -0.4 is 11.3 Å². The molecular weight excluding hydrogens is 240 g/mol. The molecule has 0 aromatic carbocycles. The molecule has 0 aliphatic carbocycles. The van der Waals surface area contributed by atoms with Crippen LogP contribution in [-0.2, 0) is 13.0 Å². The summed E-state index contributed by atoms with van der Waals surface area (Å²) in [5.74, 6) is 6.41. The van der Waals surface area contributed by atoms with Crippen LogP contribution in [0.25, 0.3) is 0 Å². The van der Waals surface area contributed by atoms with Crippen LogP contribution in [0.5, 0.6) is 0 Å². The number of hydrogen-bond donors (Lipinski definition) is 2.